The lowest BCUT2D eigenvalue weighted by Crippen LogP contribution is -2.20. The quantitative estimate of drug-likeness (QED) is 0.598. The van der Waals surface area contributed by atoms with Gasteiger partial charge in [-0.2, -0.15) is 5.10 Å². The van der Waals surface area contributed by atoms with Crippen LogP contribution in [0.5, 0.6) is 0 Å². The minimum Gasteiger partial charge on any atom is -0.370 e. The molecule has 0 amide bonds. The lowest BCUT2D eigenvalue weighted by Gasteiger charge is -2.26. The molecular weight excluding hydrogens is 346 g/mol. The number of fused-ring (bicyclic) bond motifs is 1. The van der Waals surface area contributed by atoms with Crippen LogP contribution >= 0.6 is 0 Å². The van der Waals surface area contributed by atoms with Gasteiger partial charge in [0.1, 0.15) is 11.5 Å². The first kappa shape index (κ1) is 18.9. The highest BCUT2D eigenvalue weighted by Crippen LogP contribution is 2.30. The standard InChI is InChI=1S/C23H31N5/c1-4-17(3)28-23-19(7-6-14-24-23)22(27-28)20-8-5-9-21(26-20)25-15-18-12-10-16(2)11-13-18/h5-9,14,16-18H,4,10-13,15H2,1-3H3,(H,25,26). The van der Waals surface area contributed by atoms with Gasteiger partial charge in [-0.25, -0.2) is 14.6 Å². The van der Waals surface area contributed by atoms with Crippen LogP contribution in [0.15, 0.2) is 36.5 Å². The second-order valence-electron chi connectivity index (χ2n) is 8.34. The molecule has 1 fully saturated rings. The van der Waals surface area contributed by atoms with Gasteiger partial charge in [0.2, 0.25) is 0 Å². The van der Waals surface area contributed by atoms with Gasteiger partial charge in [-0.1, -0.05) is 32.8 Å². The summed E-state index contributed by atoms with van der Waals surface area (Å²) >= 11 is 0. The summed E-state index contributed by atoms with van der Waals surface area (Å²) in [6.45, 7) is 7.73. The molecule has 0 aromatic carbocycles. The van der Waals surface area contributed by atoms with Crippen molar-refractivity contribution < 1.29 is 0 Å². The molecule has 0 aliphatic heterocycles. The van der Waals surface area contributed by atoms with Crippen LogP contribution in [0.3, 0.4) is 0 Å². The predicted molar refractivity (Wildman–Crippen MR) is 115 cm³/mol. The molecule has 1 saturated carbocycles. The van der Waals surface area contributed by atoms with Crippen molar-refractivity contribution in [1.29, 1.82) is 0 Å². The molecule has 1 aliphatic carbocycles. The largest absolute Gasteiger partial charge is 0.370 e. The summed E-state index contributed by atoms with van der Waals surface area (Å²) in [7, 11) is 0. The van der Waals surface area contributed by atoms with Gasteiger partial charge in [-0.05, 0) is 62.3 Å². The zero-order valence-electron chi connectivity index (χ0n) is 17.2. The Hall–Kier alpha value is -2.43. The third-order valence-electron chi connectivity index (χ3n) is 6.17. The molecule has 0 saturated heterocycles. The molecule has 1 aliphatic rings. The molecule has 3 heterocycles. The van der Waals surface area contributed by atoms with E-state index in [1.807, 2.05) is 23.0 Å². The van der Waals surface area contributed by atoms with E-state index in [1.165, 1.54) is 25.7 Å². The van der Waals surface area contributed by atoms with Crippen molar-refractivity contribution in [2.75, 3.05) is 11.9 Å². The zero-order valence-corrected chi connectivity index (χ0v) is 17.2. The second kappa shape index (κ2) is 8.29. The van der Waals surface area contributed by atoms with E-state index in [-0.39, 0.29) is 0 Å². The summed E-state index contributed by atoms with van der Waals surface area (Å²) in [6, 6.07) is 10.5. The Kier molecular flexibility index (Phi) is 5.60. The van der Waals surface area contributed by atoms with Crippen molar-refractivity contribution in [3.63, 3.8) is 0 Å². The number of nitrogens with one attached hydrogen (secondary N) is 1. The van der Waals surface area contributed by atoms with Crippen LogP contribution in [-0.2, 0) is 0 Å². The Morgan fingerprint density at radius 2 is 1.96 bits per heavy atom. The Balaban J connectivity index is 1.57. The first-order valence-electron chi connectivity index (χ1n) is 10.7. The van der Waals surface area contributed by atoms with Crippen LogP contribution in [0.4, 0.5) is 5.82 Å². The summed E-state index contributed by atoms with van der Waals surface area (Å²) in [4.78, 5) is 9.46. The smallest absolute Gasteiger partial charge is 0.158 e. The van der Waals surface area contributed by atoms with Crippen molar-refractivity contribution in [2.24, 2.45) is 11.8 Å². The molecule has 5 nitrogen and oxygen atoms in total. The van der Waals surface area contributed by atoms with E-state index in [2.05, 4.69) is 49.3 Å². The normalized spacial score (nSPS) is 21.0. The van der Waals surface area contributed by atoms with Gasteiger partial charge in [0.15, 0.2) is 5.65 Å². The van der Waals surface area contributed by atoms with E-state index < -0.39 is 0 Å². The Morgan fingerprint density at radius 1 is 1.14 bits per heavy atom. The Morgan fingerprint density at radius 3 is 2.75 bits per heavy atom. The summed E-state index contributed by atoms with van der Waals surface area (Å²) in [5, 5.41) is 9.52. The average Bonchev–Trinajstić information content (AvgIpc) is 3.13. The van der Waals surface area contributed by atoms with Gasteiger partial charge in [0.05, 0.1) is 11.7 Å². The van der Waals surface area contributed by atoms with Crippen LogP contribution in [-0.4, -0.2) is 26.3 Å². The highest BCUT2D eigenvalue weighted by Gasteiger charge is 2.19. The summed E-state index contributed by atoms with van der Waals surface area (Å²) in [5.74, 6) is 2.59. The summed E-state index contributed by atoms with van der Waals surface area (Å²) in [6.07, 6.45) is 8.20. The third-order valence-corrected chi connectivity index (χ3v) is 6.17. The topological polar surface area (TPSA) is 55.6 Å². The minimum absolute atomic E-state index is 0.307. The molecule has 1 unspecified atom stereocenters. The number of hydrogen-bond acceptors (Lipinski definition) is 4. The number of nitrogens with zero attached hydrogens (tertiary/aromatic N) is 4. The maximum atomic E-state index is 4.89. The maximum absolute atomic E-state index is 4.89. The van der Waals surface area contributed by atoms with Crippen LogP contribution in [0.25, 0.3) is 22.4 Å². The first-order chi connectivity index (χ1) is 13.7. The van der Waals surface area contributed by atoms with Gasteiger partial charge >= 0.3 is 0 Å². The van der Waals surface area contributed by atoms with Crippen LogP contribution in [0.2, 0.25) is 0 Å². The molecule has 0 bridgehead atoms. The molecule has 0 spiro atoms. The molecule has 28 heavy (non-hydrogen) atoms. The average molecular weight is 378 g/mol. The summed E-state index contributed by atoms with van der Waals surface area (Å²) in [5.41, 5.74) is 2.75. The molecule has 0 radical (unpaired) electrons. The molecule has 4 rings (SSSR count). The van der Waals surface area contributed by atoms with Crippen LogP contribution in [0.1, 0.15) is 58.9 Å². The van der Waals surface area contributed by atoms with Crippen molar-refractivity contribution >= 4 is 16.9 Å². The molecule has 3 aromatic rings. The number of anilines is 1. The first-order valence-corrected chi connectivity index (χ1v) is 10.7. The lowest BCUT2D eigenvalue weighted by molar-refractivity contribution is 0.300. The van der Waals surface area contributed by atoms with E-state index in [1.54, 1.807) is 0 Å². The van der Waals surface area contributed by atoms with E-state index in [9.17, 15) is 0 Å². The fourth-order valence-corrected chi connectivity index (χ4v) is 4.09. The molecule has 1 atom stereocenters. The van der Waals surface area contributed by atoms with Gasteiger partial charge in [0.25, 0.3) is 0 Å². The number of aromatic nitrogens is 4. The van der Waals surface area contributed by atoms with E-state index in [0.717, 1.165) is 53.0 Å². The number of hydrogen-bond donors (Lipinski definition) is 1. The zero-order chi connectivity index (χ0) is 19.5. The molecule has 5 heteroatoms. The van der Waals surface area contributed by atoms with Crippen molar-refractivity contribution in [2.45, 2.75) is 58.9 Å². The molecular formula is C23H31N5. The van der Waals surface area contributed by atoms with Gasteiger partial charge < -0.3 is 5.32 Å². The molecule has 3 aromatic heterocycles. The van der Waals surface area contributed by atoms with Gasteiger partial charge in [0, 0.05) is 18.1 Å². The third kappa shape index (κ3) is 3.89. The monoisotopic (exact) mass is 377 g/mol. The van der Waals surface area contributed by atoms with Crippen molar-refractivity contribution in [1.82, 2.24) is 19.7 Å². The summed E-state index contributed by atoms with van der Waals surface area (Å²) < 4.78 is 2.04. The predicted octanol–water partition coefficient (Wildman–Crippen LogP) is 5.70. The maximum Gasteiger partial charge on any atom is 0.158 e. The Bertz CT molecular complexity index is 924. The van der Waals surface area contributed by atoms with Gasteiger partial charge in [-0.3, -0.25) is 0 Å². The van der Waals surface area contributed by atoms with Crippen molar-refractivity contribution in [3.05, 3.63) is 36.5 Å². The highest BCUT2D eigenvalue weighted by molar-refractivity contribution is 5.90. The highest BCUT2D eigenvalue weighted by atomic mass is 15.3. The molecule has 1 N–H and O–H groups in total. The minimum atomic E-state index is 0.307. The lowest BCUT2D eigenvalue weighted by atomic mass is 9.83. The number of pyridine rings is 2. The fourth-order valence-electron chi connectivity index (χ4n) is 4.09. The van der Waals surface area contributed by atoms with E-state index in [0.29, 0.717) is 6.04 Å². The van der Waals surface area contributed by atoms with Crippen molar-refractivity contribution in [3.8, 4) is 11.4 Å². The Labute approximate surface area is 167 Å². The fraction of sp³-hybridized carbons (Fsp3) is 0.522. The van der Waals surface area contributed by atoms with Crippen LogP contribution in [0, 0.1) is 11.8 Å². The SMILES string of the molecule is CCC(C)n1nc(-c2cccc(NCC3CCC(C)CC3)n2)c2cccnc21. The van der Waals surface area contributed by atoms with E-state index in [4.69, 9.17) is 10.1 Å². The van der Waals surface area contributed by atoms with Gasteiger partial charge in [-0.15, -0.1) is 0 Å². The van der Waals surface area contributed by atoms with Crippen LogP contribution < -0.4 is 5.32 Å². The number of rotatable bonds is 6. The second-order valence-corrected chi connectivity index (χ2v) is 8.34. The molecule has 148 valence electrons. The van der Waals surface area contributed by atoms with E-state index >= 15 is 0 Å².